The topological polar surface area (TPSA) is 95.6 Å². The molecule has 1 aliphatic rings. The number of amides is 2. The average Bonchev–Trinajstić information content (AvgIpc) is 3.03. The van der Waals surface area contributed by atoms with Gasteiger partial charge in [0.25, 0.3) is 5.91 Å². The van der Waals surface area contributed by atoms with Gasteiger partial charge in [0.2, 0.25) is 15.9 Å². The Balaban J connectivity index is 2.17. The van der Waals surface area contributed by atoms with Crippen LogP contribution in [-0.4, -0.2) is 49.9 Å². The van der Waals surface area contributed by atoms with Gasteiger partial charge in [0.05, 0.1) is 17.5 Å². The Bertz CT molecular complexity index is 745. The molecule has 0 bridgehead atoms. The number of benzene rings is 1. The Kier molecular flexibility index (Phi) is 5.74. The molecule has 2 rings (SSSR count). The van der Waals surface area contributed by atoms with Crippen LogP contribution in [0.3, 0.4) is 0 Å². The third-order valence-electron chi connectivity index (χ3n) is 3.77. The summed E-state index contributed by atoms with van der Waals surface area (Å²) < 4.78 is 24.7. The minimum atomic E-state index is -3.45. The molecule has 1 saturated heterocycles. The van der Waals surface area contributed by atoms with Crippen molar-refractivity contribution in [2.24, 2.45) is 0 Å². The van der Waals surface area contributed by atoms with Crippen molar-refractivity contribution in [2.75, 3.05) is 24.7 Å². The van der Waals surface area contributed by atoms with Gasteiger partial charge < -0.3 is 10.6 Å². The van der Waals surface area contributed by atoms with Crippen LogP contribution < -0.4 is 10.6 Å². The lowest BCUT2D eigenvalue weighted by Gasteiger charge is -2.22. The van der Waals surface area contributed by atoms with E-state index in [1.165, 1.54) is 4.31 Å². The summed E-state index contributed by atoms with van der Waals surface area (Å²) in [6.07, 6.45) is 3.74. The second-order valence-electron chi connectivity index (χ2n) is 5.57. The second-order valence-corrected chi connectivity index (χ2v) is 7.50. The van der Waals surface area contributed by atoms with Crippen LogP contribution in [0.4, 0.5) is 5.69 Å². The quantitative estimate of drug-likeness (QED) is 0.747. The van der Waals surface area contributed by atoms with Crippen molar-refractivity contribution >= 4 is 27.5 Å². The number of hydrogen-bond donors (Lipinski definition) is 2. The first-order valence-electron chi connectivity index (χ1n) is 7.60. The van der Waals surface area contributed by atoms with Gasteiger partial charge in [-0.1, -0.05) is 18.2 Å². The fourth-order valence-electron chi connectivity index (χ4n) is 2.67. The van der Waals surface area contributed by atoms with Gasteiger partial charge in [-0.3, -0.25) is 9.59 Å². The molecule has 1 heterocycles. The largest absolute Gasteiger partial charge is 0.349 e. The number of para-hydroxylation sites is 1. The van der Waals surface area contributed by atoms with E-state index in [-0.39, 0.29) is 5.91 Å². The molecule has 130 valence electrons. The summed E-state index contributed by atoms with van der Waals surface area (Å²) in [5.74, 6) is -0.765. The van der Waals surface area contributed by atoms with Crippen LogP contribution in [0.2, 0.25) is 0 Å². The molecule has 1 aromatic rings. The van der Waals surface area contributed by atoms with Crippen LogP contribution >= 0.6 is 0 Å². The molecule has 1 aromatic carbocycles. The summed E-state index contributed by atoms with van der Waals surface area (Å²) in [6.45, 7) is 4.18. The molecule has 7 nitrogen and oxygen atoms in total. The first kappa shape index (κ1) is 18.2. The number of hydrogen-bond acceptors (Lipinski definition) is 4. The van der Waals surface area contributed by atoms with E-state index in [1.807, 2.05) is 0 Å². The molecule has 2 N–H and O–H groups in total. The highest BCUT2D eigenvalue weighted by Crippen LogP contribution is 2.23. The molecule has 0 aromatic heterocycles. The molecule has 1 fully saturated rings. The summed E-state index contributed by atoms with van der Waals surface area (Å²) in [5.41, 5.74) is 0.668. The lowest BCUT2D eigenvalue weighted by Crippen LogP contribution is -2.42. The van der Waals surface area contributed by atoms with Crippen molar-refractivity contribution in [2.45, 2.75) is 18.9 Å². The summed E-state index contributed by atoms with van der Waals surface area (Å²) >= 11 is 0. The van der Waals surface area contributed by atoms with E-state index in [1.54, 1.807) is 30.3 Å². The molecule has 1 atom stereocenters. The fraction of sp³-hybridized carbons (Fsp3) is 0.375. The molecule has 1 unspecified atom stereocenters. The van der Waals surface area contributed by atoms with Crippen molar-refractivity contribution in [1.29, 1.82) is 0 Å². The van der Waals surface area contributed by atoms with Crippen LogP contribution in [-0.2, 0) is 14.8 Å². The monoisotopic (exact) mass is 351 g/mol. The summed E-state index contributed by atoms with van der Waals surface area (Å²) in [6, 6.07) is 5.85. The van der Waals surface area contributed by atoms with Crippen molar-refractivity contribution in [3.8, 4) is 0 Å². The minimum Gasteiger partial charge on any atom is -0.349 e. The molecule has 8 heteroatoms. The standard InChI is InChI=1S/C16H21N3O4S/c1-3-10-17-15(20)12-7-4-5-8-13(12)18-16(21)14-9-6-11-19(14)24(2,22)23/h3-5,7-8,14H,1,6,9-11H2,2H3,(H,17,20)(H,18,21). The van der Waals surface area contributed by atoms with Crippen LogP contribution in [0, 0.1) is 0 Å². The maximum absolute atomic E-state index is 12.5. The van der Waals surface area contributed by atoms with E-state index in [2.05, 4.69) is 17.2 Å². The SMILES string of the molecule is C=CCNC(=O)c1ccccc1NC(=O)C1CCCN1S(C)(=O)=O. The third-order valence-corrected chi connectivity index (χ3v) is 5.06. The van der Waals surface area contributed by atoms with E-state index in [0.29, 0.717) is 37.2 Å². The minimum absolute atomic E-state index is 0.311. The van der Waals surface area contributed by atoms with E-state index in [9.17, 15) is 18.0 Å². The predicted molar refractivity (Wildman–Crippen MR) is 92.2 cm³/mol. The molecule has 24 heavy (non-hydrogen) atoms. The number of carbonyl (C=O) groups excluding carboxylic acids is 2. The number of anilines is 1. The van der Waals surface area contributed by atoms with Crippen molar-refractivity contribution in [3.63, 3.8) is 0 Å². The Hall–Kier alpha value is -2.19. The average molecular weight is 351 g/mol. The highest BCUT2D eigenvalue weighted by molar-refractivity contribution is 7.88. The van der Waals surface area contributed by atoms with Gasteiger partial charge in [0, 0.05) is 13.1 Å². The van der Waals surface area contributed by atoms with Crippen molar-refractivity contribution in [3.05, 3.63) is 42.5 Å². The maximum atomic E-state index is 12.5. The van der Waals surface area contributed by atoms with Gasteiger partial charge in [-0.05, 0) is 25.0 Å². The maximum Gasteiger partial charge on any atom is 0.253 e. The first-order chi connectivity index (χ1) is 11.3. The van der Waals surface area contributed by atoms with Gasteiger partial charge in [0.1, 0.15) is 6.04 Å². The number of sulfonamides is 1. The van der Waals surface area contributed by atoms with Crippen LogP contribution in [0.25, 0.3) is 0 Å². The van der Waals surface area contributed by atoms with Crippen molar-refractivity contribution in [1.82, 2.24) is 9.62 Å². The Morgan fingerprint density at radius 2 is 2.08 bits per heavy atom. The van der Waals surface area contributed by atoms with Crippen LogP contribution in [0.15, 0.2) is 36.9 Å². The fourth-order valence-corrected chi connectivity index (χ4v) is 3.79. The lowest BCUT2D eigenvalue weighted by atomic mass is 10.1. The van der Waals surface area contributed by atoms with Gasteiger partial charge >= 0.3 is 0 Å². The summed E-state index contributed by atoms with van der Waals surface area (Å²) in [4.78, 5) is 24.6. The van der Waals surface area contributed by atoms with E-state index in [0.717, 1.165) is 6.26 Å². The highest BCUT2D eigenvalue weighted by atomic mass is 32.2. The lowest BCUT2D eigenvalue weighted by molar-refractivity contribution is -0.119. The highest BCUT2D eigenvalue weighted by Gasteiger charge is 2.36. The normalized spacial score (nSPS) is 18.1. The Morgan fingerprint density at radius 3 is 2.75 bits per heavy atom. The zero-order valence-electron chi connectivity index (χ0n) is 13.5. The Labute approximate surface area is 141 Å². The molecule has 0 saturated carbocycles. The van der Waals surface area contributed by atoms with Gasteiger partial charge in [-0.25, -0.2) is 8.42 Å². The number of carbonyl (C=O) groups is 2. The zero-order valence-corrected chi connectivity index (χ0v) is 14.3. The molecular weight excluding hydrogens is 330 g/mol. The molecular formula is C16H21N3O4S. The van der Waals surface area contributed by atoms with Gasteiger partial charge in [-0.15, -0.1) is 6.58 Å². The summed E-state index contributed by atoms with van der Waals surface area (Å²) in [5, 5.41) is 5.33. The van der Waals surface area contributed by atoms with Gasteiger partial charge in [-0.2, -0.15) is 4.31 Å². The summed E-state index contributed by atoms with van der Waals surface area (Å²) in [7, 11) is -3.45. The molecule has 0 aliphatic carbocycles. The third kappa shape index (κ3) is 4.21. The van der Waals surface area contributed by atoms with E-state index in [4.69, 9.17) is 0 Å². The smallest absolute Gasteiger partial charge is 0.253 e. The first-order valence-corrected chi connectivity index (χ1v) is 9.45. The number of rotatable bonds is 6. The number of nitrogens with zero attached hydrogens (tertiary/aromatic N) is 1. The zero-order chi connectivity index (χ0) is 17.7. The number of nitrogens with one attached hydrogen (secondary N) is 2. The van der Waals surface area contributed by atoms with Crippen LogP contribution in [0.1, 0.15) is 23.2 Å². The molecule has 0 spiro atoms. The predicted octanol–water partition coefficient (Wildman–Crippen LogP) is 0.965. The second kappa shape index (κ2) is 7.59. The van der Waals surface area contributed by atoms with Crippen LogP contribution in [0.5, 0.6) is 0 Å². The molecule has 0 radical (unpaired) electrons. The Morgan fingerprint density at radius 1 is 1.38 bits per heavy atom. The molecule has 2 amide bonds. The molecule has 1 aliphatic heterocycles. The van der Waals surface area contributed by atoms with E-state index >= 15 is 0 Å². The van der Waals surface area contributed by atoms with Crippen molar-refractivity contribution < 1.29 is 18.0 Å². The van der Waals surface area contributed by atoms with E-state index < -0.39 is 22.0 Å². The van der Waals surface area contributed by atoms with Gasteiger partial charge in [0.15, 0.2) is 0 Å².